The second-order valence-electron chi connectivity index (χ2n) is 7.31. The van der Waals surface area contributed by atoms with E-state index in [0.29, 0.717) is 6.04 Å². The lowest BCUT2D eigenvalue weighted by Crippen LogP contribution is -2.36. The van der Waals surface area contributed by atoms with Crippen LogP contribution in [0.3, 0.4) is 0 Å². The molecule has 0 radical (unpaired) electrons. The van der Waals surface area contributed by atoms with Gasteiger partial charge >= 0.3 is 0 Å². The van der Waals surface area contributed by atoms with Crippen LogP contribution in [0.15, 0.2) is 24.4 Å². The Morgan fingerprint density at radius 3 is 2.82 bits per heavy atom. The monoisotopic (exact) mass is 301 g/mol. The third-order valence-corrected chi connectivity index (χ3v) is 5.65. The summed E-state index contributed by atoms with van der Waals surface area (Å²) in [5.41, 5.74) is 1.26. The van der Waals surface area contributed by atoms with Gasteiger partial charge in [0.2, 0.25) is 0 Å². The maximum absolute atomic E-state index is 4.51. The van der Waals surface area contributed by atoms with E-state index in [9.17, 15) is 0 Å². The first-order valence-electron chi connectivity index (χ1n) is 9.13. The SMILES string of the molecule is CN1CCC(CCNC2CCCC2Cc2ccccn2)CC1. The second-order valence-corrected chi connectivity index (χ2v) is 7.31. The average Bonchev–Trinajstić information content (AvgIpc) is 2.98. The number of likely N-dealkylation sites (tertiary alicyclic amines) is 1. The average molecular weight is 301 g/mol. The highest BCUT2D eigenvalue weighted by atomic mass is 15.1. The van der Waals surface area contributed by atoms with Crippen molar-refractivity contribution in [1.29, 1.82) is 0 Å². The number of aromatic nitrogens is 1. The van der Waals surface area contributed by atoms with Crippen LogP contribution in [0.25, 0.3) is 0 Å². The van der Waals surface area contributed by atoms with Gasteiger partial charge in [0.1, 0.15) is 0 Å². The molecule has 1 saturated heterocycles. The van der Waals surface area contributed by atoms with E-state index in [-0.39, 0.29) is 0 Å². The molecule has 1 aliphatic heterocycles. The Bertz CT molecular complexity index is 426. The lowest BCUT2D eigenvalue weighted by Gasteiger charge is -2.29. The van der Waals surface area contributed by atoms with E-state index in [2.05, 4.69) is 34.4 Å². The van der Waals surface area contributed by atoms with Crippen molar-refractivity contribution < 1.29 is 0 Å². The van der Waals surface area contributed by atoms with Crippen LogP contribution in [0.5, 0.6) is 0 Å². The van der Waals surface area contributed by atoms with Crippen LogP contribution in [0, 0.1) is 11.8 Å². The predicted molar refractivity (Wildman–Crippen MR) is 91.9 cm³/mol. The highest BCUT2D eigenvalue weighted by Crippen LogP contribution is 2.28. The Kier molecular flexibility index (Phi) is 5.85. The summed E-state index contributed by atoms with van der Waals surface area (Å²) in [5.74, 6) is 1.73. The molecule has 1 aliphatic carbocycles. The largest absolute Gasteiger partial charge is 0.314 e. The molecule has 1 aromatic heterocycles. The van der Waals surface area contributed by atoms with E-state index in [1.165, 1.54) is 63.9 Å². The maximum Gasteiger partial charge on any atom is 0.0406 e. The fourth-order valence-corrected chi connectivity index (χ4v) is 4.16. The molecule has 2 unspecified atom stereocenters. The van der Waals surface area contributed by atoms with Gasteiger partial charge in [0.25, 0.3) is 0 Å². The Morgan fingerprint density at radius 2 is 2.05 bits per heavy atom. The number of pyridine rings is 1. The smallest absolute Gasteiger partial charge is 0.0406 e. The summed E-state index contributed by atoms with van der Waals surface area (Å²) in [7, 11) is 2.25. The van der Waals surface area contributed by atoms with Gasteiger partial charge in [0, 0.05) is 17.9 Å². The first-order valence-corrected chi connectivity index (χ1v) is 9.13. The molecule has 2 heterocycles. The molecule has 22 heavy (non-hydrogen) atoms. The minimum atomic E-state index is 0.716. The van der Waals surface area contributed by atoms with Crippen molar-refractivity contribution in [3.8, 4) is 0 Å². The Balaban J connectivity index is 1.40. The molecule has 2 fully saturated rings. The summed E-state index contributed by atoms with van der Waals surface area (Å²) < 4.78 is 0. The zero-order valence-electron chi connectivity index (χ0n) is 14.0. The van der Waals surface area contributed by atoms with E-state index >= 15 is 0 Å². The number of piperidine rings is 1. The van der Waals surface area contributed by atoms with Gasteiger partial charge in [-0.1, -0.05) is 12.5 Å². The maximum atomic E-state index is 4.51. The molecular formula is C19H31N3. The standard InChI is InChI=1S/C19H31N3/c1-22-13-9-16(10-14-22)8-12-21-19-7-4-5-17(19)15-18-6-2-3-11-20-18/h2-3,6,11,16-17,19,21H,4-5,7-10,12-15H2,1H3. The fourth-order valence-electron chi connectivity index (χ4n) is 4.16. The van der Waals surface area contributed by atoms with Crippen molar-refractivity contribution in [2.75, 3.05) is 26.7 Å². The highest BCUT2D eigenvalue weighted by Gasteiger charge is 2.27. The lowest BCUT2D eigenvalue weighted by molar-refractivity contribution is 0.209. The molecule has 122 valence electrons. The van der Waals surface area contributed by atoms with Crippen LogP contribution in [0.1, 0.15) is 44.2 Å². The molecule has 3 heteroatoms. The van der Waals surface area contributed by atoms with Crippen molar-refractivity contribution in [3.63, 3.8) is 0 Å². The summed E-state index contributed by atoms with van der Waals surface area (Å²) in [6, 6.07) is 7.01. The van der Waals surface area contributed by atoms with E-state index in [0.717, 1.165) is 18.3 Å². The van der Waals surface area contributed by atoms with Gasteiger partial charge in [0.15, 0.2) is 0 Å². The minimum absolute atomic E-state index is 0.716. The predicted octanol–water partition coefficient (Wildman–Crippen LogP) is 3.11. The Morgan fingerprint density at radius 1 is 1.18 bits per heavy atom. The number of hydrogen-bond acceptors (Lipinski definition) is 3. The molecule has 3 nitrogen and oxygen atoms in total. The first-order chi connectivity index (χ1) is 10.8. The summed E-state index contributed by atoms with van der Waals surface area (Å²) in [6.07, 6.45) is 11.3. The van der Waals surface area contributed by atoms with Crippen molar-refractivity contribution in [2.24, 2.45) is 11.8 Å². The lowest BCUT2D eigenvalue weighted by atomic mass is 9.93. The van der Waals surface area contributed by atoms with E-state index < -0.39 is 0 Å². The number of hydrogen-bond donors (Lipinski definition) is 1. The van der Waals surface area contributed by atoms with Crippen LogP contribution in [-0.4, -0.2) is 42.6 Å². The third-order valence-electron chi connectivity index (χ3n) is 5.65. The molecule has 2 atom stereocenters. The van der Waals surface area contributed by atoms with Gasteiger partial charge in [-0.25, -0.2) is 0 Å². The number of nitrogens with zero attached hydrogens (tertiary/aromatic N) is 2. The van der Waals surface area contributed by atoms with Gasteiger partial charge in [-0.2, -0.15) is 0 Å². The molecule has 0 bridgehead atoms. The second kappa shape index (κ2) is 8.07. The Hall–Kier alpha value is -0.930. The molecule has 3 rings (SSSR count). The van der Waals surface area contributed by atoms with E-state index in [1.54, 1.807) is 0 Å². The quantitative estimate of drug-likeness (QED) is 0.875. The molecule has 1 N–H and O–H groups in total. The van der Waals surface area contributed by atoms with Crippen molar-refractivity contribution >= 4 is 0 Å². The molecular weight excluding hydrogens is 270 g/mol. The van der Waals surface area contributed by atoms with Crippen LogP contribution in [-0.2, 0) is 6.42 Å². The molecule has 1 aromatic rings. The molecule has 0 spiro atoms. The van der Waals surface area contributed by atoms with Crippen LogP contribution in [0.4, 0.5) is 0 Å². The van der Waals surface area contributed by atoms with Crippen molar-refractivity contribution in [3.05, 3.63) is 30.1 Å². The summed E-state index contributed by atoms with van der Waals surface area (Å²) in [4.78, 5) is 6.97. The summed E-state index contributed by atoms with van der Waals surface area (Å²) >= 11 is 0. The first kappa shape index (κ1) is 15.9. The topological polar surface area (TPSA) is 28.2 Å². The van der Waals surface area contributed by atoms with Gasteiger partial charge in [-0.3, -0.25) is 4.98 Å². The van der Waals surface area contributed by atoms with Gasteiger partial charge in [-0.15, -0.1) is 0 Å². The highest BCUT2D eigenvalue weighted by molar-refractivity contribution is 5.06. The molecule has 2 aliphatic rings. The molecule has 0 amide bonds. The van der Waals surface area contributed by atoms with Crippen LogP contribution >= 0.6 is 0 Å². The van der Waals surface area contributed by atoms with Crippen LogP contribution in [0.2, 0.25) is 0 Å². The zero-order valence-corrected chi connectivity index (χ0v) is 14.0. The van der Waals surface area contributed by atoms with E-state index in [1.807, 2.05) is 12.3 Å². The fraction of sp³-hybridized carbons (Fsp3) is 0.737. The Labute approximate surface area is 135 Å². The van der Waals surface area contributed by atoms with E-state index in [4.69, 9.17) is 0 Å². The molecule has 1 saturated carbocycles. The normalized spacial score (nSPS) is 27.3. The van der Waals surface area contributed by atoms with Crippen LogP contribution < -0.4 is 5.32 Å². The zero-order chi connectivity index (χ0) is 15.2. The summed E-state index contributed by atoms with van der Waals surface area (Å²) in [6.45, 7) is 3.78. The van der Waals surface area contributed by atoms with Gasteiger partial charge in [-0.05, 0) is 89.2 Å². The van der Waals surface area contributed by atoms with Crippen molar-refractivity contribution in [1.82, 2.24) is 15.2 Å². The number of rotatable bonds is 6. The van der Waals surface area contributed by atoms with Gasteiger partial charge < -0.3 is 10.2 Å². The van der Waals surface area contributed by atoms with Crippen molar-refractivity contribution in [2.45, 2.75) is 51.0 Å². The molecule has 0 aromatic carbocycles. The third kappa shape index (κ3) is 4.53. The summed E-state index contributed by atoms with van der Waals surface area (Å²) in [5, 5.41) is 3.87. The minimum Gasteiger partial charge on any atom is -0.314 e. The number of nitrogens with one attached hydrogen (secondary N) is 1. The van der Waals surface area contributed by atoms with Gasteiger partial charge in [0.05, 0.1) is 0 Å².